The Morgan fingerprint density at radius 3 is 2.50 bits per heavy atom. The molecule has 0 unspecified atom stereocenters. The first-order valence-electron chi connectivity index (χ1n) is 11.7. The number of benzene rings is 1. The number of carboxylic acid groups (broad SMARTS) is 1. The monoisotopic (exact) mass is 486 g/mol. The standard InChI is InChI=1S/C19H24N2O3S.C5H6N2O2/c1-25(23,24)14-7-8-17-15(11-14)16-12-21(10-9-18(16)20-17)19(22)13-5-3-2-4-6-13;6-3-5(1-2-5)7-4(8)9/h7-8,11,13,20H,2-6,9-10,12H2,1H3;7H,1-2H2,(H,8,9). The molecule has 5 rings (SSSR count). The van der Waals surface area contributed by atoms with Gasteiger partial charge in [-0.25, -0.2) is 13.2 Å². The number of hydrogen-bond acceptors (Lipinski definition) is 5. The lowest BCUT2D eigenvalue weighted by Crippen LogP contribution is -2.40. The minimum atomic E-state index is -3.24. The van der Waals surface area contributed by atoms with E-state index in [4.69, 9.17) is 10.4 Å². The molecule has 2 aliphatic carbocycles. The summed E-state index contributed by atoms with van der Waals surface area (Å²) in [6.07, 6.45) is 7.77. The van der Waals surface area contributed by atoms with Gasteiger partial charge in [-0.15, -0.1) is 0 Å². The number of nitrogens with zero attached hydrogens (tertiary/aromatic N) is 2. The smallest absolute Gasteiger partial charge is 0.405 e. The molecule has 2 amide bonds. The molecule has 34 heavy (non-hydrogen) atoms. The normalized spacial score (nSPS) is 19.4. The summed E-state index contributed by atoms with van der Waals surface area (Å²) in [5, 5.41) is 19.6. The maximum Gasteiger partial charge on any atom is 0.405 e. The third kappa shape index (κ3) is 5.20. The van der Waals surface area contributed by atoms with Crippen molar-refractivity contribution in [3.8, 4) is 6.07 Å². The van der Waals surface area contributed by atoms with Gasteiger partial charge in [0, 0.05) is 53.8 Å². The minimum absolute atomic E-state index is 0.173. The number of nitriles is 1. The van der Waals surface area contributed by atoms with Crippen LogP contribution in [0.1, 0.15) is 56.2 Å². The summed E-state index contributed by atoms with van der Waals surface area (Å²) in [6, 6.07) is 7.11. The highest BCUT2D eigenvalue weighted by molar-refractivity contribution is 7.90. The molecule has 0 bridgehead atoms. The Morgan fingerprint density at radius 2 is 1.94 bits per heavy atom. The molecule has 0 spiro atoms. The number of aromatic nitrogens is 1. The maximum absolute atomic E-state index is 12.9. The van der Waals surface area contributed by atoms with Crippen LogP contribution in [-0.2, 0) is 27.6 Å². The van der Waals surface area contributed by atoms with Crippen molar-refractivity contribution in [3.05, 3.63) is 29.5 Å². The number of carbonyl (C=O) groups excluding carboxylic acids is 1. The van der Waals surface area contributed by atoms with Crippen molar-refractivity contribution >= 4 is 32.7 Å². The number of sulfone groups is 1. The summed E-state index contributed by atoms with van der Waals surface area (Å²) < 4.78 is 23.7. The van der Waals surface area contributed by atoms with Crippen LogP contribution < -0.4 is 5.32 Å². The molecule has 9 nitrogen and oxygen atoms in total. The van der Waals surface area contributed by atoms with Crippen LogP contribution in [0.25, 0.3) is 10.9 Å². The molecule has 1 aliphatic heterocycles. The van der Waals surface area contributed by atoms with Gasteiger partial charge >= 0.3 is 6.09 Å². The number of carbonyl (C=O) groups is 2. The average Bonchev–Trinajstić information content (AvgIpc) is 3.48. The first-order valence-corrected chi connectivity index (χ1v) is 13.6. The Balaban J connectivity index is 0.000000257. The SMILES string of the molecule is CS(=O)(=O)c1ccc2[nH]c3c(c2c1)CN(C(=O)C1CCCCC1)CC3.N#CC1(NC(=O)O)CC1. The van der Waals surface area contributed by atoms with Gasteiger partial charge < -0.3 is 20.3 Å². The van der Waals surface area contributed by atoms with E-state index in [1.807, 2.05) is 17.0 Å². The fourth-order valence-electron chi connectivity index (χ4n) is 4.81. The van der Waals surface area contributed by atoms with Crippen LogP contribution in [0.15, 0.2) is 23.1 Å². The molecular weight excluding hydrogens is 456 g/mol. The van der Waals surface area contributed by atoms with E-state index in [-0.39, 0.29) is 11.8 Å². The van der Waals surface area contributed by atoms with Crippen LogP contribution >= 0.6 is 0 Å². The number of rotatable bonds is 3. The number of aromatic amines is 1. The van der Waals surface area contributed by atoms with Gasteiger partial charge in [-0.05, 0) is 43.9 Å². The molecule has 0 radical (unpaired) electrons. The number of nitrogens with one attached hydrogen (secondary N) is 2. The first-order chi connectivity index (χ1) is 16.1. The summed E-state index contributed by atoms with van der Waals surface area (Å²) >= 11 is 0. The topological polar surface area (TPSA) is 143 Å². The van der Waals surface area contributed by atoms with Gasteiger partial charge in [0.25, 0.3) is 0 Å². The lowest BCUT2D eigenvalue weighted by Gasteiger charge is -2.32. The van der Waals surface area contributed by atoms with Crippen LogP contribution in [0.2, 0.25) is 0 Å². The molecule has 1 aromatic heterocycles. The zero-order valence-corrected chi connectivity index (χ0v) is 20.1. The molecule has 2 fully saturated rings. The van der Waals surface area contributed by atoms with Gasteiger partial charge in [-0.2, -0.15) is 5.26 Å². The molecule has 3 aliphatic rings. The van der Waals surface area contributed by atoms with Crippen molar-refractivity contribution in [1.29, 1.82) is 5.26 Å². The summed E-state index contributed by atoms with van der Waals surface area (Å²) in [4.78, 5) is 28.5. The summed E-state index contributed by atoms with van der Waals surface area (Å²) in [5.41, 5.74) is 2.43. The van der Waals surface area contributed by atoms with Crippen molar-refractivity contribution in [2.24, 2.45) is 5.92 Å². The van der Waals surface area contributed by atoms with Gasteiger partial charge in [-0.1, -0.05) is 19.3 Å². The highest BCUT2D eigenvalue weighted by Gasteiger charge is 2.44. The van der Waals surface area contributed by atoms with E-state index in [0.717, 1.165) is 60.8 Å². The molecule has 182 valence electrons. The molecule has 0 saturated heterocycles. The largest absolute Gasteiger partial charge is 0.465 e. The quantitative estimate of drug-likeness (QED) is 0.607. The second-order valence-electron chi connectivity index (χ2n) is 9.53. The Morgan fingerprint density at radius 1 is 1.24 bits per heavy atom. The molecule has 1 aromatic carbocycles. The van der Waals surface area contributed by atoms with E-state index in [9.17, 15) is 18.0 Å². The molecule has 2 aromatic rings. The second kappa shape index (κ2) is 9.29. The van der Waals surface area contributed by atoms with Crippen LogP contribution in [0.5, 0.6) is 0 Å². The Bertz CT molecular complexity index is 1250. The zero-order chi connectivity index (χ0) is 24.5. The van der Waals surface area contributed by atoms with Crippen molar-refractivity contribution in [3.63, 3.8) is 0 Å². The van der Waals surface area contributed by atoms with Crippen molar-refractivity contribution in [2.45, 2.75) is 68.3 Å². The zero-order valence-electron chi connectivity index (χ0n) is 19.3. The number of fused-ring (bicyclic) bond motifs is 3. The summed E-state index contributed by atoms with van der Waals surface area (Å²) in [5.74, 6) is 0.450. The van der Waals surface area contributed by atoms with Gasteiger partial charge in [0.1, 0.15) is 5.54 Å². The fraction of sp³-hybridized carbons (Fsp3) is 0.542. The van der Waals surface area contributed by atoms with E-state index in [2.05, 4.69) is 10.3 Å². The van der Waals surface area contributed by atoms with Gasteiger partial charge in [0.2, 0.25) is 5.91 Å². The van der Waals surface area contributed by atoms with E-state index < -0.39 is 21.5 Å². The van der Waals surface area contributed by atoms with Crippen molar-refractivity contribution in [1.82, 2.24) is 15.2 Å². The Kier molecular flexibility index (Phi) is 6.58. The average molecular weight is 487 g/mol. The number of H-pyrrole nitrogens is 1. The van der Waals surface area contributed by atoms with Crippen LogP contribution in [-0.4, -0.2) is 53.7 Å². The van der Waals surface area contributed by atoms with E-state index in [1.165, 1.54) is 12.7 Å². The highest BCUT2D eigenvalue weighted by Crippen LogP contribution is 2.34. The molecule has 10 heteroatoms. The van der Waals surface area contributed by atoms with Gasteiger partial charge in [-0.3, -0.25) is 4.79 Å². The number of hydrogen-bond donors (Lipinski definition) is 3. The summed E-state index contributed by atoms with van der Waals surface area (Å²) in [7, 11) is -3.24. The van der Waals surface area contributed by atoms with Crippen LogP contribution in [0.3, 0.4) is 0 Å². The molecule has 2 heterocycles. The Labute approximate surface area is 199 Å². The molecular formula is C24H30N4O5S. The van der Waals surface area contributed by atoms with E-state index in [0.29, 0.717) is 24.3 Å². The van der Waals surface area contributed by atoms with Crippen molar-refractivity contribution in [2.75, 3.05) is 12.8 Å². The second-order valence-corrected chi connectivity index (χ2v) is 11.5. The van der Waals surface area contributed by atoms with E-state index in [1.54, 1.807) is 12.1 Å². The minimum Gasteiger partial charge on any atom is -0.465 e. The van der Waals surface area contributed by atoms with E-state index >= 15 is 0 Å². The van der Waals surface area contributed by atoms with Crippen molar-refractivity contribution < 1.29 is 23.1 Å². The lowest BCUT2D eigenvalue weighted by atomic mass is 9.87. The fourth-order valence-corrected chi connectivity index (χ4v) is 5.46. The molecule has 2 saturated carbocycles. The lowest BCUT2D eigenvalue weighted by molar-refractivity contribution is -0.137. The predicted molar refractivity (Wildman–Crippen MR) is 126 cm³/mol. The third-order valence-corrected chi connectivity index (χ3v) is 8.06. The molecule has 3 N–H and O–H groups in total. The molecule has 0 atom stereocenters. The number of amides is 2. The third-order valence-electron chi connectivity index (χ3n) is 6.95. The summed E-state index contributed by atoms with van der Waals surface area (Å²) in [6.45, 7) is 1.33. The first kappa shape index (κ1) is 24.1. The van der Waals surface area contributed by atoms with Gasteiger partial charge in [0.05, 0.1) is 11.0 Å². The van der Waals surface area contributed by atoms with Crippen LogP contribution in [0, 0.1) is 17.2 Å². The van der Waals surface area contributed by atoms with Gasteiger partial charge in [0.15, 0.2) is 9.84 Å². The van der Waals surface area contributed by atoms with Crippen LogP contribution in [0.4, 0.5) is 4.79 Å². The highest BCUT2D eigenvalue weighted by atomic mass is 32.2. The Hall–Kier alpha value is -3.06. The predicted octanol–water partition coefficient (Wildman–Crippen LogP) is 3.35. The maximum atomic E-state index is 12.9.